The van der Waals surface area contributed by atoms with Gasteiger partial charge in [-0.25, -0.2) is 4.98 Å². The van der Waals surface area contributed by atoms with Gasteiger partial charge in [-0.3, -0.25) is 9.36 Å². The van der Waals surface area contributed by atoms with Crippen LogP contribution in [-0.4, -0.2) is 46.5 Å². The molecule has 1 saturated carbocycles. The SMILES string of the molecule is O=C(CC1CCCCC1)N1CCN(c2nccn2-c2cccc(Cl)c2)CC1. The minimum Gasteiger partial charge on any atom is -0.339 e. The Morgan fingerprint density at radius 2 is 1.89 bits per heavy atom. The summed E-state index contributed by atoms with van der Waals surface area (Å²) in [7, 11) is 0. The molecule has 1 aliphatic heterocycles. The van der Waals surface area contributed by atoms with Crippen molar-refractivity contribution in [3.8, 4) is 5.69 Å². The fourth-order valence-electron chi connectivity index (χ4n) is 4.28. The predicted molar refractivity (Wildman–Crippen MR) is 109 cm³/mol. The number of amides is 1. The molecular weight excluding hydrogens is 360 g/mol. The van der Waals surface area contributed by atoms with Gasteiger partial charge >= 0.3 is 0 Å². The monoisotopic (exact) mass is 386 g/mol. The average molecular weight is 387 g/mol. The van der Waals surface area contributed by atoms with Crippen LogP contribution < -0.4 is 4.90 Å². The van der Waals surface area contributed by atoms with Gasteiger partial charge in [0, 0.05) is 55.7 Å². The lowest BCUT2D eigenvalue weighted by Gasteiger charge is -2.36. The number of nitrogens with zero attached hydrogens (tertiary/aromatic N) is 4. The van der Waals surface area contributed by atoms with E-state index in [9.17, 15) is 4.79 Å². The molecule has 1 saturated heterocycles. The number of imidazole rings is 1. The van der Waals surface area contributed by atoms with Crippen LogP contribution in [0, 0.1) is 5.92 Å². The summed E-state index contributed by atoms with van der Waals surface area (Å²) < 4.78 is 2.06. The molecular formula is C21H27ClN4O. The van der Waals surface area contributed by atoms with Crippen molar-refractivity contribution < 1.29 is 4.79 Å². The Hall–Kier alpha value is -2.01. The highest BCUT2D eigenvalue weighted by Gasteiger charge is 2.26. The zero-order valence-electron chi connectivity index (χ0n) is 15.7. The first-order valence-electron chi connectivity index (χ1n) is 10.0. The van der Waals surface area contributed by atoms with Crippen molar-refractivity contribution in [2.45, 2.75) is 38.5 Å². The fourth-order valence-corrected chi connectivity index (χ4v) is 4.46. The van der Waals surface area contributed by atoms with Gasteiger partial charge in [0.05, 0.1) is 0 Å². The maximum atomic E-state index is 12.7. The van der Waals surface area contributed by atoms with Crippen LogP contribution in [-0.2, 0) is 4.79 Å². The number of halogens is 1. The Labute approximate surface area is 165 Å². The molecule has 0 spiro atoms. The summed E-state index contributed by atoms with van der Waals surface area (Å²) in [5.41, 5.74) is 1.01. The second kappa shape index (κ2) is 8.34. The molecule has 2 aliphatic rings. The quantitative estimate of drug-likeness (QED) is 0.792. The van der Waals surface area contributed by atoms with Crippen molar-refractivity contribution >= 4 is 23.5 Å². The van der Waals surface area contributed by atoms with Gasteiger partial charge in [-0.1, -0.05) is 36.9 Å². The Bertz CT molecular complexity index is 776. The van der Waals surface area contributed by atoms with E-state index >= 15 is 0 Å². The molecule has 0 N–H and O–H groups in total. The van der Waals surface area contributed by atoms with E-state index in [2.05, 4.69) is 14.5 Å². The number of hydrogen-bond donors (Lipinski definition) is 0. The Morgan fingerprint density at radius 3 is 2.63 bits per heavy atom. The standard InChI is InChI=1S/C21H27ClN4O/c22-18-7-4-8-19(16-18)26-10-9-23-21(26)25-13-11-24(12-14-25)20(27)15-17-5-2-1-3-6-17/h4,7-10,16-17H,1-3,5-6,11-15H2. The number of hydrogen-bond acceptors (Lipinski definition) is 3. The van der Waals surface area contributed by atoms with E-state index in [4.69, 9.17) is 11.6 Å². The van der Waals surface area contributed by atoms with Crippen molar-refractivity contribution in [3.63, 3.8) is 0 Å². The molecule has 2 fully saturated rings. The van der Waals surface area contributed by atoms with E-state index in [1.807, 2.05) is 41.6 Å². The highest BCUT2D eigenvalue weighted by molar-refractivity contribution is 6.30. The highest BCUT2D eigenvalue weighted by atomic mass is 35.5. The lowest BCUT2D eigenvalue weighted by atomic mass is 9.86. The van der Waals surface area contributed by atoms with E-state index in [-0.39, 0.29) is 0 Å². The maximum absolute atomic E-state index is 12.7. The number of piperazine rings is 1. The molecule has 0 atom stereocenters. The van der Waals surface area contributed by atoms with Crippen molar-refractivity contribution in [3.05, 3.63) is 41.7 Å². The lowest BCUT2D eigenvalue weighted by Crippen LogP contribution is -2.49. The van der Waals surface area contributed by atoms with Crippen molar-refractivity contribution in [1.29, 1.82) is 0 Å². The van der Waals surface area contributed by atoms with E-state index in [0.29, 0.717) is 16.8 Å². The maximum Gasteiger partial charge on any atom is 0.222 e. The number of carbonyl (C=O) groups excluding carboxylic acids is 1. The molecule has 144 valence electrons. The summed E-state index contributed by atoms with van der Waals surface area (Å²) in [5.74, 6) is 1.85. The Kier molecular flexibility index (Phi) is 5.67. The molecule has 2 aromatic rings. The summed E-state index contributed by atoms with van der Waals surface area (Å²) >= 11 is 6.14. The lowest BCUT2D eigenvalue weighted by molar-refractivity contribution is -0.132. The summed E-state index contributed by atoms with van der Waals surface area (Å²) in [6.45, 7) is 3.17. The van der Waals surface area contributed by atoms with Crippen molar-refractivity contribution in [2.24, 2.45) is 5.92 Å². The van der Waals surface area contributed by atoms with Gasteiger partial charge in [-0.15, -0.1) is 0 Å². The van der Waals surface area contributed by atoms with E-state index in [0.717, 1.165) is 44.2 Å². The van der Waals surface area contributed by atoms with Gasteiger partial charge in [0.2, 0.25) is 11.9 Å². The molecule has 1 amide bonds. The van der Waals surface area contributed by atoms with E-state index in [1.54, 1.807) is 0 Å². The van der Waals surface area contributed by atoms with Crippen LogP contribution in [0.25, 0.3) is 5.69 Å². The van der Waals surface area contributed by atoms with Gasteiger partial charge < -0.3 is 9.80 Å². The summed E-state index contributed by atoms with van der Waals surface area (Å²) in [6, 6.07) is 7.79. The molecule has 0 radical (unpaired) electrons. The van der Waals surface area contributed by atoms with Crippen LogP contribution in [0.1, 0.15) is 38.5 Å². The molecule has 4 rings (SSSR count). The van der Waals surface area contributed by atoms with Gasteiger partial charge in [-0.2, -0.15) is 0 Å². The molecule has 6 heteroatoms. The third kappa shape index (κ3) is 4.29. The Balaban J connectivity index is 1.37. The smallest absolute Gasteiger partial charge is 0.222 e. The normalized spacial score (nSPS) is 18.7. The first kappa shape index (κ1) is 18.4. The zero-order chi connectivity index (χ0) is 18.6. The second-order valence-electron chi connectivity index (χ2n) is 7.65. The predicted octanol–water partition coefficient (Wildman–Crippen LogP) is 4.14. The van der Waals surface area contributed by atoms with Crippen LogP contribution in [0.2, 0.25) is 5.02 Å². The van der Waals surface area contributed by atoms with Gasteiger partial charge in [0.1, 0.15) is 0 Å². The summed E-state index contributed by atoms with van der Waals surface area (Å²) in [5, 5.41) is 0.713. The third-order valence-corrected chi connectivity index (χ3v) is 6.05. The van der Waals surface area contributed by atoms with Crippen LogP contribution in [0.15, 0.2) is 36.7 Å². The van der Waals surface area contributed by atoms with Crippen LogP contribution in [0.4, 0.5) is 5.95 Å². The third-order valence-electron chi connectivity index (χ3n) is 5.81. The Morgan fingerprint density at radius 1 is 1.11 bits per heavy atom. The van der Waals surface area contributed by atoms with Crippen LogP contribution in [0.5, 0.6) is 0 Å². The molecule has 1 aliphatic carbocycles. The summed E-state index contributed by atoms with van der Waals surface area (Å²) in [6.07, 6.45) is 10.9. The van der Waals surface area contributed by atoms with Crippen molar-refractivity contribution in [2.75, 3.05) is 31.1 Å². The largest absolute Gasteiger partial charge is 0.339 e. The number of rotatable bonds is 4. The first-order valence-corrected chi connectivity index (χ1v) is 10.4. The van der Waals surface area contributed by atoms with Gasteiger partial charge in [0.15, 0.2) is 0 Å². The fraction of sp³-hybridized carbons (Fsp3) is 0.524. The number of benzene rings is 1. The van der Waals surface area contributed by atoms with Gasteiger partial charge in [0.25, 0.3) is 0 Å². The molecule has 27 heavy (non-hydrogen) atoms. The van der Waals surface area contributed by atoms with Crippen LogP contribution in [0.3, 0.4) is 0 Å². The number of anilines is 1. The minimum atomic E-state index is 0.333. The zero-order valence-corrected chi connectivity index (χ0v) is 16.4. The molecule has 5 nitrogen and oxygen atoms in total. The van der Waals surface area contributed by atoms with Gasteiger partial charge in [-0.05, 0) is 37.0 Å². The minimum absolute atomic E-state index is 0.333. The number of aromatic nitrogens is 2. The second-order valence-corrected chi connectivity index (χ2v) is 8.09. The highest BCUT2D eigenvalue weighted by Crippen LogP contribution is 2.27. The first-order chi connectivity index (χ1) is 13.2. The molecule has 2 heterocycles. The number of carbonyl (C=O) groups is 1. The van der Waals surface area contributed by atoms with E-state index < -0.39 is 0 Å². The molecule has 1 aromatic carbocycles. The summed E-state index contributed by atoms with van der Waals surface area (Å²) in [4.78, 5) is 21.5. The molecule has 0 unspecified atom stereocenters. The van der Waals surface area contributed by atoms with Crippen LogP contribution >= 0.6 is 11.6 Å². The average Bonchev–Trinajstić information content (AvgIpc) is 3.19. The molecule has 1 aromatic heterocycles. The van der Waals surface area contributed by atoms with Crippen molar-refractivity contribution in [1.82, 2.24) is 14.5 Å². The molecule has 0 bridgehead atoms. The topological polar surface area (TPSA) is 41.4 Å². The van der Waals surface area contributed by atoms with E-state index in [1.165, 1.54) is 32.1 Å².